The molecule has 0 atom stereocenters. The summed E-state index contributed by atoms with van der Waals surface area (Å²) in [5.41, 5.74) is 6.29. The Morgan fingerprint density at radius 2 is 1.80 bits per heavy atom. The van der Waals surface area contributed by atoms with E-state index in [1.807, 2.05) is 30.3 Å². The minimum Gasteiger partial charge on any atom is -0.365 e. The smallest absolute Gasteiger partial charge is 0.258 e. The van der Waals surface area contributed by atoms with Gasteiger partial charge in [-0.05, 0) is 29.8 Å². The van der Waals surface area contributed by atoms with Gasteiger partial charge in [-0.1, -0.05) is 28.1 Å². The van der Waals surface area contributed by atoms with E-state index in [1.54, 1.807) is 6.07 Å². The molecule has 0 aliphatic rings. The van der Waals surface area contributed by atoms with Crippen molar-refractivity contribution in [2.24, 2.45) is 5.73 Å². The molecule has 1 aromatic carbocycles. The maximum atomic E-state index is 10.9. The zero-order valence-corrected chi connectivity index (χ0v) is 10.1. The number of halogens is 1. The van der Waals surface area contributed by atoms with Gasteiger partial charge in [0.1, 0.15) is 0 Å². The van der Waals surface area contributed by atoms with Crippen LogP contribution in [0.3, 0.4) is 0 Å². The molecule has 0 saturated carbocycles. The molecule has 0 aliphatic heterocycles. The van der Waals surface area contributed by atoms with Crippen molar-refractivity contribution in [2.45, 2.75) is 0 Å². The molecule has 1 heterocycles. The summed E-state index contributed by atoms with van der Waals surface area (Å²) >= 11 is 4.79. The summed E-state index contributed by atoms with van der Waals surface area (Å²) in [5.74, 6) is -0.372. The number of benzene rings is 1. The van der Waals surface area contributed by atoms with Crippen LogP contribution < -0.4 is 5.73 Å². The van der Waals surface area contributed by atoms with Crippen molar-refractivity contribution in [3.63, 3.8) is 0 Å². The minimum absolute atomic E-state index is 0.372. The number of thiophene rings is 1. The van der Waals surface area contributed by atoms with Gasteiger partial charge in [-0.15, -0.1) is 11.3 Å². The van der Waals surface area contributed by atoms with Crippen LogP contribution in [0.1, 0.15) is 9.67 Å². The molecular weight excluding hydrogens is 274 g/mol. The summed E-state index contributed by atoms with van der Waals surface area (Å²) in [7, 11) is 0. The lowest BCUT2D eigenvalue weighted by molar-refractivity contribution is 0.100. The van der Waals surface area contributed by atoms with Crippen LogP contribution in [0, 0.1) is 0 Å². The topological polar surface area (TPSA) is 43.1 Å². The SMILES string of the molecule is NC(=O)c1ccc(-c2ccc(Br)cc2)s1. The second-order valence-electron chi connectivity index (χ2n) is 3.04. The molecule has 2 aromatic rings. The van der Waals surface area contributed by atoms with Gasteiger partial charge in [0.25, 0.3) is 5.91 Å². The van der Waals surface area contributed by atoms with Gasteiger partial charge in [-0.2, -0.15) is 0 Å². The molecule has 2 N–H and O–H groups in total. The number of primary amides is 1. The van der Waals surface area contributed by atoms with Gasteiger partial charge in [0.15, 0.2) is 0 Å². The third-order valence-corrected chi connectivity index (χ3v) is 3.66. The number of rotatable bonds is 2. The van der Waals surface area contributed by atoms with E-state index >= 15 is 0 Å². The molecule has 2 rings (SSSR count). The van der Waals surface area contributed by atoms with Crippen LogP contribution in [-0.2, 0) is 0 Å². The monoisotopic (exact) mass is 281 g/mol. The van der Waals surface area contributed by atoms with Crippen molar-refractivity contribution in [1.29, 1.82) is 0 Å². The number of hydrogen-bond acceptors (Lipinski definition) is 2. The Hall–Kier alpha value is -1.13. The van der Waals surface area contributed by atoms with Crippen molar-refractivity contribution in [1.82, 2.24) is 0 Å². The Bertz CT molecular complexity index is 490. The van der Waals surface area contributed by atoms with Crippen molar-refractivity contribution in [3.05, 3.63) is 45.7 Å². The van der Waals surface area contributed by atoms with Crippen LogP contribution in [0.15, 0.2) is 40.9 Å². The summed E-state index contributed by atoms with van der Waals surface area (Å²) in [4.78, 5) is 12.6. The maximum Gasteiger partial charge on any atom is 0.258 e. The van der Waals surface area contributed by atoms with E-state index in [-0.39, 0.29) is 5.91 Å². The fourth-order valence-corrected chi connectivity index (χ4v) is 2.37. The molecule has 1 aromatic heterocycles. The van der Waals surface area contributed by atoms with Crippen LogP contribution in [0.2, 0.25) is 0 Å². The zero-order valence-electron chi connectivity index (χ0n) is 7.74. The fourth-order valence-electron chi connectivity index (χ4n) is 1.24. The zero-order chi connectivity index (χ0) is 10.8. The largest absolute Gasteiger partial charge is 0.365 e. The number of carbonyl (C=O) groups excluding carboxylic acids is 1. The summed E-state index contributed by atoms with van der Waals surface area (Å²) in [6.07, 6.45) is 0. The first-order valence-electron chi connectivity index (χ1n) is 4.32. The highest BCUT2D eigenvalue weighted by Gasteiger charge is 2.06. The summed E-state index contributed by atoms with van der Waals surface area (Å²) in [6.45, 7) is 0. The molecule has 0 saturated heterocycles. The normalized spacial score (nSPS) is 10.2. The van der Waals surface area contributed by atoms with Crippen LogP contribution >= 0.6 is 27.3 Å². The first-order valence-corrected chi connectivity index (χ1v) is 5.93. The quantitative estimate of drug-likeness (QED) is 0.902. The Balaban J connectivity index is 2.37. The van der Waals surface area contributed by atoms with E-state index in [4.69, 9.17) is 5.73 Å². The lowest BCUT2D eigenvalue weighted by atomic mass is 10.2. The van der Waals surface area contributed by atoms with Crippen LogP contribution in [0.4, 0.5) is 0 Å². The predicted octanol–water partition coefficient (Wildman–Crippen LogP) is 3.28. The average Bonchev–Trinajstić information content (AvgIpc) is 2.68. The first-order chi connectivity index (χ1) is 7.16. The molecule has 0 aliphatic carbocycles. The molecular formula is C11H8BrNOS. The van der Waals surface area contributed by atoms with Gasteiger partial charge in [-0.25, -0.2) is 0 Å². The lowest BCUT2D eigenvalue weighted by Crippen LogP contribution is -2.07. The summed E-state index contributed by atoms with van der Waals surface area (Å²) < 4.78 is 1.04. The standard InChI is InChI=1S/C11H8BrNOS/c12-8-3-1-7(2-4-8)9-5-6-10(15-9)11(13)14/h1-6H,(H2,13,14). The lowest BCUT2D eigenvalue weighted by Gasteiger charge is -1.96. The van der Waals surface area contributed by atoms with E-state index in [2.05, 4.69) is 15.9 Å². The molecule has 0 bridgehead atoms. The highest BCUT2D eigenvalue weighted by Crippen LogP contribution is 2.28. The second-order valence-corrected chi connectivity index (χ2v) is 5.03. The molecule has 0 unspecified atom stereocenters. The highest BCUT2D eigenvalue weighted by atomic mass is 79.9. The van der Waals surface area contributed by atoms with Gasteiger partial charge in [0.05, 0.1) is 4.88 Å². The Kier molecular flexibility index (Phi) is 2.88. The molecule has 0 fully saturated rings. The molecule has 4 heteroatoms. The van der Waals surface area contributed by atoms with Crippen molar-refractivity contribution >= 4 is 33.2 Å². The molecule has 76 valence electrons. The number of nitrogens with two attached hydrogens (primary N) is 1. The number of hydrogen-bond donors (Lipinski definition) is 1. The molecule has 2 nitrogen and oxygen atoms in total. The molecule has 0 spiro atoms. The second kappa shape index (κ2) is 4.16. The van der Waals surface area contributed by atoms with Crippen LogP contribution in [0.5, 0.6) is 0 Å². The van der Waals surface area contributed by atoms with Gasteiger partial charge in [-0.3, -0.25) is 4.79 Å². The summed E-state index contributed by atoms with van der Waals surface area (Å²) in [5, 5.41) is 0. The minimum atomic E-state index is -0.372. The van der Waals surface area contributed by atoms with Crippen LogP contribution in [-0.4, -0.2) is 5.91 Å². The molecule has 1 amide bonds. The van der Waals surface area contributed by atoms with E-state index in [9.17, 15) is 4.79 Å². The Morgan fingerprint density at radius 3 is 2.33 bits per heavy atom. The van der Waals surface area contributed by atoms with Crippen molar-refractivity contribution < 1.29 is 4.79 Å². The third-order valence-electron chi connectivity index (χ3n) is 1.98. The van der Waals surface area contributed by atoms with Gasteiger partial charge >= 0.3 is 0 Å². The van der Waals surface area contributed by atoms with Crippen molar-refractivity contribution in [3.8, 4) is 10.4 Å². The van der Waals surface area contributed by atoms with Gasteiger partial charge < -0.3 is 5.73 Å². The average molecular weight is 282 g/mol. The molecule has 0 radical (unpaired) electrons. The summed E-state index contributed by atoms with van der Waals surface area (Å²) in [6, 6.07) is 11.6. The first kappa shape index (κ1) is 10.4. The van der Waals surface area contributed by atoms with E-state index < -0.39 is 0 Å². The molecule has 15 heavy (non-hydrogen) atoms. The number of carbonyl (C=O) groups is 1. The maximum absolute atomic E-state index is 10.9. The van der Waals surface area contributed by atoms with Crippen molar-refractivity contribution in [2.75, 3.05) is 0 Å². The number of amides is 1. The highest BCUT2D eigenvalue weighted by molar-refractivity contribution is 9.10. The fraction of sp³-hybridized carbons (Fsp3) is 0. The third kappa shape index (κ3) is 2.27. The van der Waals surface area contributed by atoms with Gasteiger partial charge in [0.2, 0.25) is 0 Å². The van der Waals surface area contributed by atoms with E-state index in [1.165, 1.54) is 11.3 Å². The van der Waals surface area contributed by atoms with E-state index in [0.717, 1.165) is 14.9 Å². The Labute approximate surface area is 99.9 Å². The van der Waals surface area contributed by atoms with Crippen LogP contribution in [0.25, 0.3) is 10.4 Å². The Morgan fingerprint density at radius 1 is 1.13 bits per heavy atom. The van der Waals surface area contributed by atoms with E-state index in [0.29, 0.717) is 4.88 Å². The van der Waals surface area contributed by atoms with Gasteiger partial charge in [0, 0.05) is 9.35 Å². The predicted molar refractivity (Wildman–Crippen MR) is 66.0 cm³/mol.